The van der Waals surface area contributed by atoms with Crippen molar-refractivity contribution >= 4 is 17.7 Å². The van der Waals surface area contributed by atoms with Crippen LogP contribution in [0.15, 0.2) is 36.0 Å². The van der Waals surface area contributed by atoms with E-state index in [1.54, 1.807) is 0 Å². The van der Waals surface area contributed by atoms with Gasteiger partial charge in [0.1, 0.15) is 18.2 Å². The van der Waals surface area contributed by atoms with Crippen LogP contribution in [0.3, 0.4) is 0 Å². The van der Waals surface area contributed by atoms with Crippen LogP contribution >= 0.6 is 0 Å². The summed E-state index contributed by atoms with van der Waals surface area (Å²) in [5.74, 6) is -0.465. The van der Waals surface area contributed by atoms with Crippen LogP contribution in [0.1, 0.15) is 12.5 Å². The number of hydroxylamine groups is 2. The monoisotopic (exact) mass is 275 g/mol. The summed E-state index contributed by atoms with van der Waals surface area (Å²) in [4.78, 5) is 39.4. The number of nitrogens with zero attached hydrogens (tertiary/aromatic N) is 1. The highest BCUT2D eigenvalue weighted by Crippen LogP contribution is 2.36. The molecular weight excluding hydrogens is 262 g/mol. The van der Waals surface area contributed by atoms with Gasteiger partial charge in [-0.2, -0.15) is 0 Å². The second-order valence-electron chi connectivity index (χ2n) is 4.60. The summed E-state index contributed by atoms with van der Waals surface area (Å²) >= 11 is 0. The predicted molar refractivity (Wildman–Crippen MR) is 67.9 cm³/mol. The minimum Gasteiger partial charge on any atom is -0.480 e. The van der Waals surface area contributed by atoms with Gasteiger partial charge in [0.25, 0.3) is 0 Å². The molecule has 1 aromatic carbocycles. The molecule has 0 saturated carbocycles. The summed E-state index contributed by atoms with van der Waals surface area (Å²) in [5.41, 5.74) is -1.35. The number of carbonyl (C=O) groups is 2. The molecule has 0 radical (unpaired) electrons. The van der Waals surface area contributed by atoms with Crippen molar-refractivity contribution in [3.8, 4) is 0 Å². The van der Waals surface area contributed by atoms with Gasteiger partial charge in [-0.3, -0.25) is 14.4 Å². The summed E-state index contributed by atoms with van der Waals surface area (Å²) < 4.78 is 0. The standard InChI is InChI=1S/C14H13NO5/c1-14(13(18)19)11(8-16)15(7-12(14)17)20-9-10-5-3-2-4-6-10/h2-6H,7,9H2,1H3,(H,18,19). The van der Waals surface area contributed by atoms with Crippen LogP contribution in [-0.4, -0.2) is 34.4 Å². The molecule has 1 atom stereocenters. The lowest BCUT2D eigenvalue weighted by molar-refractivity contribution is -0.151. The van der Waals surface area contributed by atoms with Crippen molar-refractivity contribution < 1.29 is 24.3 Å². The molecule has 1 heterocycles. The molecule has 20 heavy (non-hydrogen) atoms. The number of hydrogen-bond donors (Lipinski definition) is 1. The zero-order chi connectivity index (χ0) is 14.8. The second-order valence-corrected chi connectivity index (χ2v) is 4.60. The molecule has 1 aliphatic heterocycles. The minimum atomic E-state index is -1.89. The van der Waals surface area contributed by atoms with E-state index in [1.165, 1.54) is 12.9 Å². The van der Waals surface area contributed by atoms with Gasteiger partial charge in [-0.1, -0.05) is 30.3 Å². The summed E-state index contributed by atoms with van der Waals surface area (Å²) in [5, 5.41) is 10.2. The summed E-state index contributed by atoms with van der Waals surface area (Å²) in [6.45, 7) is 1.04. The molecule has 0 spiro atoms. The molecule has 0 aliphatic carbocycles. The molecule has 6 nitrogen and oxygen atoms in total. The molecule has 6 heteroatoms. The number of hydrogen-bond acceptors (Lipinski definition) is 5. The van der Waals surface area contributed by atoms with Crippen molar-refractivity contribution in [1.29, 1.82) is 0 Å². The van der Waals surface area contributed by atoms with E-state index >= 15 is 0 Å². The number of rotatable bonds is 4. The van der Waals surface area contributed by atoms with Gasteiger partial charge in [-0.05, 0) is 12.5 Å². The van der Waals surface area contributed by atoms with Crippen LogP contribution in [0, 0.1) is 5.41 Å². The molecular formula is C14H13NO5. The highest BCUT2D eigenvalue weighted by molar-refractivity contribution is 6.10. The van der Waals surface area contributed by atoms with Crippen molar-refractivity contribution in [2.45, 2.75) is 13.5 Å². The fourth-order valence-corrected chi connectivity index (χ4v) is 1.96. The Morgan fingerprint density at radius 2 is 2.10 bits per heavy atom. The Balaban J connectivity index is 2.17. The molecule has 1 unspecified atom stereocenters. The maximum Gasteiger partial charge on any atom is 0.323 e. The fraction of sp³-hybridized carbons (Fsp3) is 0.286. The summed E-state index contributed by atoms with van der Waals surface area (Å²) in [7, 11) is 0. The van der Waals surface area contributed by atoms with Crippen molar-refractivity contribution in [1.82, 2.24) is 5.06 Å². The van der Waals surface area contributed by atoms with E-state index in [1.807, 2.05) is 30.3 Å². The van der Waals surface area contributed by atoms with E-state index in [0.29, 0.717) is 0 Å². The van der Waals surface area contributed by atoms with Crippen LogP contribution in [-0.2, 0) is 25.8 Å². The lowest BCUT2D eigenvalue weighted by atomic mass is 9.86. The zero-order valence-corrected chi connectivity index (χ0v) is 10.8. The third-order valence-electron chi connectivity index (χ3n) is 3.32. The first-order valence-corrected chi connectivity index (χ1v) is 5.96. The van der Waals surface area contributed by atoms with E-state index in [4.69, 9.17) is 9.94 Å². The molecule has 1 aliphatic rings. The first-order chi connectivity index (χ1) is 9.50. The average Bonchev–Trinajstić information content (AvgIpc) is 2.70. The quantitative estimate of drug-likeness (QED) is 0.646. The lowest BCUT2D eigenvalue weighted by Crippen LogP contribution is -2.35. The smallest absolute Gasteiger partial charge is 0.323 e. The van der Waals surface area contributed by atoms with Crippen molar-refractivity contribution in [2.24, 2.45) is 5.41 Å². The number of Topliss-reactive ketones (excluding diaryl/α,β-unsaturated/α-hetero) is 1. The minimum absolute atomic E-state index is 0.134. The Labute approximate surface area is 115 Å². The van der Waals surface area contributed by atoms with Gasteiger partial charge < -0.3 is 5.11 Å². The average molecular weight is 275 g/mol. The highest BCUT2D eigenvalue weighted by atomic mass is 16.7. The van der Waals surface area contributed by atoms with Crippen LogP contribution in [0.5, 0.6) is 0 Å². The SMILES string of the molecule is CC1(C(=O)O)C(=O)CN(OCc2ccccc2)C1=C=O. The van der Waals surface area contributed by atoms with E-state index in [0.717, 1.165) is 10.6 Å². The first kappa shape index (κ1) is 14.0. The van der Waals surface area contributed by atoms with E-state index in [2.05, 4.69) is 0 Å². The summed E-state index contributed by atoms with van der Waals surface area (Å²) in [6.07, 6.45) is 0. The maximum atomic E-state index is 11.8. The molecule has 2 rings (SSSR count). The molecule has 104 valence electrons. The van der Waals surface area contributed by atoms with Gasteiger partial charge >= 0.3 is 5.97 Å². The first-order valence-electron chi connectivity index (χ1n) is 5.96. The molecule has 1 saturated heterocycles. The third kappa shape index (κ3) is 2.22. The van der Waals surface area contributed by atoms with Gasteiger partial charge in [0.05, 0.1) is 6.61 Å². The van der Waals surface area contributed by atoms with Gasteiger partial charge in [0.2, 0.25) is 0 Å². The zero-order valence-electron chi connectivity index (χ0n) is 10.8. The Morgan fingerprint density at radius 3 is 2.65 bits per heavy atom. The van der Waals surface area contributed by atoms with Crippen molar-refractivity contribution in [3.05, 3.63) is 41.6 Å². The molecule has 0 bridgehead atoms. The largest absolute Gasteiger partial charge is 0.480 e. The predicted octanol–water partition coefficient (Wildman–Crippen LogP) is 0.809. The summed E-state index contributed by atoms with van der Waals surface area (Å²) in [6, 6.07) is 9.13. The van der Waals surface area contributed by atoms with E-state index < -0.39 is 17.2 Å². The Morgan fingerprint density at radius 1 is 1.45 bits per heavy atom. The van der Waals surface area contributed by atoms with Crippen LogP contribution in [0.25, 0.3) is 0 Å². The molecule has 1 N–H and O–H groups in total. The van der Waals surface area contributed by atoms with Gasteiger partial charge in [-0.25, -0.2) is 9.86 Å². The molecule has 1 fully saturated rings. The highest BCUT2D eigenvalue weighted by Gasteiger charge is 2.54. The lowest BCUT2D eigenvalue weighted by Gasteiger charge is -2.20. The third-order valence-corrected chi connectivity index (χ3v) is 3.32. The fourth-order valence-electron chi connectivity index (χ4n) is 1.96. The number of carboxylic acids is 1. The van der Waals surface area contributed by atoms with Crippen molar-refractivity contribution in [2.75, 3.05) is 6.54 Å². The Hall–Kier alpha value is -2.43. The number of ketones is 1. The normalized spacial score (nSPS) is 21.9. The van der Waals surface area contributed by atoms with Crippen LogP contribution in [0.2, 0.25) is 0 Å². The molecule has 0 amide bonds. The van der Waals surface area contributed by atoms with Crippen molar-refractivity contribution in [3.63, 3.8) is 0 Å². The van der Waals surface area contributed by atoms with Gasteiger partial charge in [0.15, 0.2) is 11.2 Å². The van der Waals surface area contributed by atoms with Crippen LogP contribution < -0.4 is 0 Å². The number of aliphatic carboxylic acids is 1. The number of carbonyl (C=O) groups excluding carboxylic acids is 2. The van der Waals surface area contributed by atoms with Gasteiger partial charge in [0, 0.05) is 0 Å². The Bertz CT molecular complexity index is 591. The second kappa shape index (κ2) is 5.28. The van der Waals surface area contributed by atoms with Crippen LogP contribution in [0.4, 0.5) is 0 Å². The van der Waals surface area contributed by atoms with Gasteiger partial charge in [-0.15, -0.1) is 0 Å². The van der Waals surface area contributed by atoms with E-state index in [9.17, 15) is 14.4 Å². The Kier molecular flexibility index (Phi) is 3.70. The number of benzene rings is 1. The topological polar surface area (TPSA) is 83.9 Å². The maximum absolute atomic E-state index is 11.8. The number of carboxylic acid groups (broad SMARTS) is 1. The molecule has 1 aromatic rings. The van der Waals surface area contributed by atoms with E-state index in [-0.39, 0.29) is 18.8 Å². The molecule has 0 aromatic heterocycles.